The molecule has 17 atom stereocenters. The topological polar surface area (TPSA) is 307 Å². The van der Waals surface area contributed by atoms with Crippen LogP contribution in [0.1, 0.15) is 393 Å². The third-order valence-corrected chi connectivity index (χ3v) is 22.3. The molecular weight excluding hydrogens is 1320 g/mol. The molecule has 3 aliphatic rings. The number of carbonyl (C=O) groups is 1. The van der Waals surface area contributed by atoms with Gasteiger partial charge < -0.3 is 89.9 Å². The van der Waals surface area contributed by atoms with Crippen molar-refractivity contribution in [1.82, 2.24) is 5.32 Å². The van der Waals surface area contributed by atoms with Gasteiger partial charge in [0, 0.05) is 6.42 Å². The number of carbonyl (C=O) groups excluding carboxylic acids is 1. The Morgan fingerprint density at radius 2 is 0.596 bits per heavy atom. The number of ether oxygens (including phenoxy) is 6. The normalized spacial score (nSPS) is 25.9. The van der Waals surface area contributed by atoms with Crippen molar-refractivity contribution in [3.8, 4) is 0 Å². The number of aliphatic hydroxyl groups is 11. The second-order valence-corrected chi connectivity index (χ2v) is 31.7. The van der Waals surface area contributed by atoms with Crippen molar-refractivity contribution in [2.75, 3.05) is 26.4 Å². The SMILES string of the molecule is CCCCCCCCCCCCCCCCCCCCCCCCCCC/C=C/C(O)C(COC1OC(CO)C(OC2OC(CO)C(OC3OC(CO)C(O)C(O)C3O)C(O)C2O)C(O)C1O)NC(=O)CCCCCCCCCCCCCCCCCCCCCCCCCCCCCCCCCC. The highest BCUT2D eigenvalue weighted by atomic mass is 16.8. The van der Waals surface area contributed by atoms with Gasteiger partial charge in [-0.1, -0.05) is 379 Å². The second-order valence-electron chi connectivity index (χ2n) is 31.7. The van der Waals surface area contributed by atoms with Gasteiger partial charge in [0.05, 0.1) is 38.6 Å². The average molecular weight is 1490 g/mol. The molecular formula is C85H163NO18. The zero-order chi connectivity index (χ0) is 75.3. The van der Waals surface area contributed by atoms with Crippen molar-refractivity contribution >= 4 is 5.91 Å². The van der Waals surface area contributed by atoms with Gasteiger partial charge in [0.2, 0.25) is 5.91 Å². The lowest BCUT2D eigenvalue weighted by Gasteiger charge is -2.48. The Labute approximate surface area is 633 Å². The molecule has 1 amide bonds. The molecule has 0 bridgehead atoms. The highest BCUT2D eigenvalue weighted by molar-refractivity contribution is 5.76. The van der Waals surface area contributed by atoms with Crippen molar-refractivity contribution in [3.63, 3.8) is 0 Å². The van der Waals surface area contributed by atoms with Gasteiger partial charge in [0.25, 0.3) is 0 Å². The largest absolute Gasteiger partial charge is 0.394 e. The van der Waals surface area contributed by atoms with Crippen LogP contribution in [-0.4, -0.2) is 193 Å². The Morgan fingerprint density at radius 3 is 0.904 bits per heavy atom. The van der Waals surface area contributed by atoms with E-state index in [0.717, 1.165) is 44.9 Å². The lowest BCUT2D eigenvalue weighted by atomic mass is 9.96. The Balaban J connectivity index is 1.34. The third kappa shape index (κ3) is 45.1. The fourth-order valence-corrected chi connectivity index (χ4v) is 15.3. The molecule has 17 unspecified atom stereocenters. The van der Waals surface area contributed by atoms with Crippen molar-refractivity contribution in [2.24, 2.45) is 0 Å². The van der Waals surface area contributed by atoms with Gasteiger partial charge in [-0.05, 0) is 19.3 Å². The number of hydrogen-bond acceptors (Lipinski definition) is 18. The molecule has 19 nitrogen and oxygen atoms in total. The van der Waals surface area contributed by atoms with Gasteiger partial charge in [-0.25, -0.2) is 0 Å². The minimum atomic E-state index is -1.98. The van der Waals surface area contributed by atoms with Gasteiger partial charge in [-0.2, -0.15) is 0 Å². The molecule has 0 aliphatic carbocycles. The fraction of sp³-hybridized carbons (Fsp3) is 0.965. The fourth-order valence-electron chi connectivity index (χ4n) is 15.3. The first-order chi connectivity index (χ1) is 50.8. The number of hydrogen-bond donors (Lipinski definition) is 12. The van der Waals surface area contributed by atoms with E-state index in [0.29, 0.717) is 6.42 Å². The molecule has 616 valence electrons. The van der Waals surface area contributed by atoms with Crippen LogP contribution >= 0.6 is 0 Å². The van der Waals surface area contributed by atoms with Crippen molar-refractivity contribution in [3.05, 3.63) is 12.2 Å². The van der Waals surface area contributed by atoms with Crippen LogP contribution in [0, 0.1) is 0 Å². The van der Waals surface area contributed by atoms with E-state index in [1.54, 1.807) is 6.08 Å². The molecule has 0 aromatic heterocycles. The molecule has 3 rings (SSSR count). The quantitative estimate of drug-likeness (QED) is 0.0199. The summed E-state index contributed by atoms with van der Waals surface area (Å²) in [4.78, 5) is 13.5. The van der Waals surface area contributed by atoms with Gasteiger partial charge >= 0.3 is 0 Å². The predicted octanol–water partition coefficient (Wildman–Crippen LogP) is 15.9. The number of nitrogens with one attached hydrogen (secondary N) is 1. The summed E-state index contributed by atoms with van der Waals surface area (Å²) in [6.45, 7) is 1.82. The van der Waals surface area contributed by atoms with Crippen LogP contribution in [0.4, 0.5) is 0 Å². The summed E-state index contributed by atoms with van der Waals surface area (Å²) < 4.78 is 34.5. The van der Waals surface area contributed by atoms with E-state index in [1.807, 2.05) is 6.08 Å². The van der Waals surface area contributed by atoms with Crippen molar-refractivity contribution in [1.29, 1.82) is 0 Å². The molecule has 3 saturated heterocycles. The van der Waals surface area contributed by atoms with E-state index in [-0.39, 0.29) is 18.9 Å². The summed E-state index contributed by atoms with van der Waals surface area (Å²) in [5, 5.41) is 121. The van der Waals surface area contributed by atoms with Crippen LogP contribution < -0.4 is 5.32 Å². The summed E-state index contributed by atoms with van der Waals surface area (Å²) in [5.74, 6) is -0.265. The van der Waals surface area contributed by atoms with E-state index in [1.165, 1.54) is 321 Å². The lowest BCUT2D eigenvalue weighted by molar-refractivity contribution is -0.379. The van der Waals surface area contributed by atoms with Crippen LogP contribution in [0.5, 0.6) is 0 Å². The van der Waals surface area contributed by atoms with E-state index >= 15 is 0 Å². The van der Waals surface area contributed by atoms with Crippen LogP contribution in [0.15, 0.2) is 12.2 Å². The second kappa shape index (κ2) is 66.2. The number of rotatable bonds is 72. The maximum absolute atomic E-state index is 13.5. The Kier molecular flexibility index (Phi) is 61.5. The van der Waals surface area contributed by atoms with Crippen LogP contribution in [-0.2, 0) is 33.2 Å². The third-order valence-electron chi connectivity index (χ3n) is 22.3. The number of amides is 1. The Bertz CT molecular complexity index is 1920. The summed E-state index contributed by atoms with van der Waals surface area (Å²) in [6.07, 6.45) is 53.6. The van der Waals surface area contributed by atoms with E-state index < -0.39 is 124 Å². The number of allylic oxidation sites excluding steroid dienone is 1. The zero-order valence-corrected chi connectivity index (χ0v) is 66.3. The summed E-state index contributed by atoms with van der Waals surface area (Å²) in [5.41, 5.74) is 0. The lowest BCUT2D eigenvalue weighted by Crippen LogP contribution is -2.66. The zero-order valence-electron chi connectivity index (χ0n) is 66.3. The van der Waals surface area contributed by atoms with Crippen molar-refractivity contribution in [2.45, 2.75) is 497 Å². The minimum absolute atomic E-state index is 0.250. The van der Waals surface area contributed by atoms with Crippen LogP contribution in [0.25, 0.3) is 0 Å². The molecule has 0 radical (unpaired) electrons. The molecule has 0 saturated carbocycles. The molecule has 0 spiro atoms. The van der Waals surface area contributed by atoms with Gasteiger partial charge in [0.1, 0.15) is 73.2 Å². The average Bonchev–Trinajstić information content (AvgIpc) is 0.772. The van der Waals surface area contributed by atoms with E-state index in [9.17, 15) is 61.0 Å². The van der Waals surface area contributed by atoms with Crippen LogP contribution in [0.3, 0.4) is 0 Å². The van der Waals surface area contributed by atoms with Gasteiger partial charge in [-0.3, -0.25) is 4.79 Å². The Morgan fingerprint density at radius 1 is 0.337 bits per heavy atom. The van der Waals surface area contributed by atoms with E-state index in [4.69, 9.17) is 28.4 Å². The smallest absolute Gasteiger partial charge is 0.220 e. The first kappa shape index (κ1) is 96.7. The number of aliphatic hydroxyl groups excluding tert-OH is 11. The molecule has 3 fully saturated rings. The summed E-state index contributed by atoms with van der Waals surface area (Å²) >= 11 is 0. The summed E-state index contributed by atoms with van der Waals surface area (Å²) in [6, 6.07) is -0.971. The highest BCUT2D eigenvalue weighted by Crippen LogP contribution is 2.34. The Hall–Kier alpha value is -1.47. The number of unbranched alkanes of at least 4 members (excludes halogenated alkanes) is 56. The van der Waals surface area contributed by atoms with Crippen LogP contribution in [0.2, 0.25) is 0 Å². The minimum Gasteiger partial charge on any atom is -0.394 e. The molecule has 0 aromatic carbocycles. The predicted molar refractivity (Wildman–Crippen MR) is 416 cm³/mol. The van der Waals surface area contributed by atoms with Gasteiger partial charge in [-0.15, -0.1) is 0 Å². The molecule has 104 heavy (non-hydrogen) atoms. The first-order valence-corrected chi connectivity index (χ1v) is 43.9. The molecule has 12 N–H and O–H groups in total. The molecule has 19 heteroatoms. The molecule has 3 aliphatic heterocycles. The van der Waals surface area contributed by atoms with Crippen molar-refractivity contribution < 1.29 is 89.4 Å². The molecule has 3 heterocycles. The molecule has 0 aromatic rings. The maximum atomic E-state index is 13.5. The van der Waals surface area contributed by atoms with Gasteiger partial charge in [0.15, 0.2) is 18.9 Å². The monoisotopic (exact) mass is 1490 g/mol. The highest BCUT2D eigenvalue weighted by Gasteiger charge is 2.54. The maximum Gasteiger partial charge on any atom is 0.220 e. The first-order valence-electron chi connectivity index (χ1n) is 43.9. The summed E-state index contributed by atoms with van der Waals surface area (Å²) in [7, 11) is 0. The van der Waals surface area contributed by atoms with E-state index in [2.05, 4.69) is 19.2 Å². The standard InChI is InChI=1S/C85H163NO18/c1-3-5-7-9-11-13-15-17-19-21-23-25-27-29-31-32-33-34-35-37-39-41-43-45-47-49-51-53-55-57-59-61-63-73(91)86-68(69(90)62-60-58-56-54-52-50-48-46-44-42-40-38-36-30-28-26-24-22-20-18-16-14-12-10-8-6-4-2)67-99-83-79(97)76(94)81(71(65-88)101-83)104-85-80(98)77(95)82(72(66-89)102-85)103-84-78(96)75(93)74(92)70(64-87)100-84/h60,62,68-72,74-85,87-90,92-98H,3-59,61,63-67H2,1-2H3,(H,86,91)/b62-60+.